The standard InChI is InChI=1S/C15H23N3O4/c1-19-13-4-10(5-14(20-2)15(13)21-3)9-22-18-12-8-17-7-11(12)6-16/h4-5,11,17H,6-9,16H2,1-3H3/b18-12+. The zero-order chi connectivity index (χ0) is 15.9. The van der Waals surface area contributed by atoms with Crippen molar-refractivity contribution >= 4 is 5.71 Å². The van der Waals surface area contributed by atoms with Crippen LogP contribution in [0.15, 0.2) is 17.3 Å². The third kappa shape index (κ3) is 3.61. The fourth-order valence-electron chi connectivity index (χ4n) is 2.37. The predicted molar refractivity (Wildman–Crippen MR) is 83.7 cm³/mol. The molecule has 1 aromatic carbocycles. The van der Waals surface area contributed by atoms with Gasteiger partial charge in [-0.3, -0.25) is 0 Å². The van der Waals surface area contributed by atoms with Crippen molar-refractivity contribution in [2.45, 2.75) is 6.61 Å². The van der Waals surface area contributed by atoms with Crippen LogP contribution in [-0.2, 0) is 11.4 Å². The summed E-state index contributed by atoms with van der Waals surface area (Å²) in [6, 6.07) is 3.68. The van der Waals surface area contributed by atoms with Crippen LogP contribution >= 0.6 is 0 Å². The van der Waals surface area contributed by atoms with E-state index >= 15 is 0 Å². The molecule has 7 heteroatoms. The lowest BCUT2D eigenvalue weighted by atomic mass is 10.1. The van der Waals surface area contributed by atoms with E-state index in [0.29, 0.717) is 30.4 Å². The van der Waals surface area contributed by atoms with E-state index in [0.717, 1.165) is 24.4 Å². The first-order valence-electron chi connectivity index (χ1n) is 7.11. The number of hydrogen-bond donors (Lipinski definition) is 2. The van der Waals surface area contributed by atoms with Crippen molar-refractivity contribution in [3.05, 3.63) is 17.7 Å². The van der Waals surface area contributed by atoms with Crippen LogP contribution in [0.5, 0.6) is 17.2 Å². The highest BCUT2D eigenvalue weighted by Crippen LogP contribution is 2.38. The molecule has 7 nitrogen and oxygen atoms in total. The maximum absolute atomic E-state index is 5.69. The molecule has 1 heterocycles. The molecule has 1 fully saturated rings. The number of nitrogens with one attached hydrogen (secondary N) is 1. The minimum Gasteiger partial charge on any atom is -0.493 e. The zero-order valence-corrected chi connectivity index (χ0v) is 13.2. The van der Waals surface area contributed by atoms with E-state index in [1.807, 2.05) is 12.1 Å². The van der Waals surface area contributed by atoms with E-state index in [-0.39, 0.29) is 5.92 Å². The lowest BCUT2D eigenvalue weighted by Crippen LogP contribution is -2.22. The number of nitrogens with zero attached hydrogens (tertiary/aromatic N) is 1. The Labute approximate surface area is 130 Å². The normalized spacial score (nSPS) is 19.3. The van der Waals surface area contributed by atoms with E-state index in [1.165, 1.54) is 0 Å². The summed E-state index contributed by atoms with van der Waals surface area (Å²) in [7, 11) is 4.74. The van der Waals surface area contributed by atoms with Crippen LogP contribution in [0, 0.1) is 5.92 Å². The summed E-state index contributed by atoms with van der Waals surface area (Å²) in [5.41, 5.74) is 7.53. The van der Waals surface area contributed by atoms with Crippen molar-refractivity contribution in [2.75, 3.05) is 41.0 Å². The lowest BCUT2D eigenvalue weighted by molar-refractivity contribution is 0.128. The number of rotatable bonds is 7. The van der Waals surface area contributed by atoms with Crippen LogP contribution in [0.4, 0.5) is 0 Å². The Kier molecular flexibility index (Phi) is 5.85. The second-order valence-electron chi connectivity index (χ2n) is 4.95. The lowest BCUT2D eigenvalue weighted by Gasteiger charge is -2.14. The van der Waals surface area contributed by atoms with Gasteiger partial charge in [0.1, 0.15) is 6.61 Å². The molecule has 0 saturated carbocycles. The molecule has 1 saturated heterocycles. The SMILES string of the molecule is COc1cc(CO/N=C2\CNCC2CN)cc(OC)c1OC. The molecular formula is C15H23N3O4. The fourth-order valence-corrected chi connectivity index (χ4v) is 2.37. The number of methoxy groups -OCH3 is 3. The quantitative estimate of drug-likeness (QED) is 0.723. The van der Waals surface area contributed by atoms with Crippen LogP contribution in [0.3, 0.4) is 0 Å². The van der Waals surface area contributed by atoms with Gasteiger partial charge >= 0.3 is 0 Å². The number of oxime groups is 1. The van der Waals surface area contributed by atoms with Gasteiger partial charge in [-0.05, 0) is 17.7 Å². The van der Waals surface area contributed by atoms with Crippen molar-refractivity contribution in [3.8, 4) is 17.2 Å². The molecule has 22 heavy (non-hydrogen) atoms. The predicted octanol–water partition coefficient (Wildman–Crippen LogP) is 0.763. The molecule has 1 atom stereocenters. The molecule has 122 valence electrons. The Morgan fingerprint density at radius 1 is 1.18 bits per heavy atom. The van der Waals surface area contributed by atoms with E-state index < -0.39 is 0 Å². The average molecular weight is 309 g/mol. The molecular weight excluding hydrogens is 286 g/mol. The van der Waals surface area contributed by atoms with Gasteiger partial charge in [0.25, 0.3) is 0 Å². The second-order valence-corrected chi connectivity index (χ2v) is 4.95. The molecule has 0 aromatic heterocycles. The monoisotopic (exact) mass is 309 g/mol. The Balaban J connectivity index is 2.08. The molecule has 1 aliphatic heterocycles. The van der Waals surface area contributed by atoms with Gasteiger partial charge in [-0.15, -0.1) is 0 Å². The maximum atomic E-state index is 5.69. The highest BCUT2D eigenvalue weighted by Gasteiger charge is 2.21. The molecule has 2 rings (SSSR count). The Morgan fingerprint density at radius 3 is 2.41 bits per heavy atom. The average Bonchev–Trinajstić information content (AvgIpc) is 3.01. The van der Waals surface area contributed by atoms with Crippen LogP contribution in [0.2, 0.25) is 0 Å². The van der Waals surface area contributed by atoms with Crippen molar-refractivity contribution in [1.29, 1.82) is 0 Å². The van der Waals surface area contributed by atoms with Gasteiger partial charge in [0.2, 0.25) is 5.75 Å². The first-order chi connectivity index (χ1) is 10.7. The first kappa shape index (κ1) is 16.4. The van der Waals surface area contributed by atoms with E-state index in [2.05, 4.69) is 10.5 Å². The van der Waals surface area contributed by atoms with Crippen molar-refractivity contribution in [2.24, 2.45) is 16.8 Å². The molecule has 0 bridgehead atoms. The number of nitrogens with two attached hydrogens (primary N) is 1. The van der Waals surface area contributed by atoms with Crippen LogP contribution in [-0.4, -0.2) is 46.7 Å². The molecule has 3 N–H and O–H groups in total. The Morgan fingerprint density at radius 2 is 1.86 bits per heavy atom. The minimum absolute atomic E-state index is 0.250. The van der Waals surface area contributed by atoms with Crippen molar-refractivity contribution in [1.82, 2.24) is 5.32 Å². The second kappa shape index (κ2) is 7.86. The topological polar surface area (TPSA) is 87.3 Å². The van der Waals surface area contributed by atoms with Gasteiger partial charge in [0, 0.05) is 25.6 Å². The summed E-state index contributed by atoms with van der Waals surface area (Å²) in [6.07, 6.45) is 0. The van der Waals surface area contributed by atoms with Crippen LogP contribution < -0.4 is 25.3 Å². The van der Waals surface area contributed by atoms with Crippen molar-refractivity contribution < 1.29 is 19.0 Å². The largest absolute Gasteiger partial charge is 0.493 e. The summed E-state index contributed by atoms with van der Waals surface area (Å²) >= 11 is 0. The summed E-state index contributed by atoms with van der Waals surface area (Å²) in [4.78, 5) is 5.45. The minimum atomic E-state index is 0.250. The molecule has 0 spiro atoms. The third-order valence-electron chi connectivity index (χ3n) is 3.59. The first-order valence-corrected chi connectivity index (χ1v) is 7.11. The maximum Gasteiger partial charge on any atom is 0.203 e. The van der Waals surface area contributed by atoms with Gasteiger partial charge in [-0.2, -0.15) is 0 Å². The van der Waals surface area contributed by atoms with E-state index in [1.54, 1.807) is 21.3 Å². The van der Waals surface area contributed by atoms with Gasteiger partial charge in [0.15, 0.2) is 11.5 Å². The highest BCUT2D eigenvalue weighted by molar-refractivity contribution is 5.90. The van der Waals surface area contributed by atoms with Crippen molar-refractivity contribution in [3.63, 3.8) is 0 Å². The smallest absolute Gasteiger partial charge is 0.203 e. The molecule has 1 aliphatic rings. The fraction of sp³-hybridized carbons (Fsp3) is 0.533. The molecule has 0 amide bonds. The molecule has 1 aromatic rings. The number of ether oxygens (including phenoxy) is 3. The number of benzene rings is 1. The Hall–Kier alpha value is -1.99. The summed E-state index contributed by atoms with van der Waals surface area (Å²) in [5.74, 6) is 1.99. The highest BCUT2D eigenvalue weighted by atomic mass is 16.6. The van der Waals surface area contributed by atoms with Gasteiger partial charge < -0.3 is 30.1 Å². The molecule has 1 unspecified atom stereocenters. The van der Waals surface area contributed by atoms with Gasteiger partial charge in [-0.1, -0.05) is 5.16 Å². The van der Waals surface area contributed by atoms with Gasteiger partial charge in [0.05, 0.1) is 27.0 Å². The third-order valence-corrected chi connectivity index (χ3v) is 3.59. The van der Waals surface area contributed by atoms with Crippen LogP contribution in [0.1, 0.15) is 5.56 Å². The van der Waals surface area contributed by atoms with E-state index in [4.69, 9.17) is 24.8 Å². The summed E-state index contributed by atoms with van der Waals surface area (Å²) in [5, 5.41) is 7.41. The molecule has 0 radical (unpaired) electrons. The van der Waals surface area contributed by atoms with E-state index in [9.17, 15) is 0 Å². The van der Waals surface area contributed by atoms with Gasteiger partial charge in [-0.25, -0.2) is 0 Å². The molecule has 0 aliphatic carbocycles. The van der Waals surface area contributed by atoms with Crippen LogP contribution in [0.25, 0.3) is 0 Å². The zero-order valence-electron chi connectivity index (χ0n) is 13.2. The summed E-state index contributed by atoms with van der Waals surface area (Å²) in [6.45, 7) is 2.46. The summed E-state index contributed by atoms with van der Waals surface area (Å²) < 4.78 is 15.9. The number of hydrogen-bond acceptors (Lipinski definition) is 7. The Bertz CT molecular complexity index is 509.